The molecule has 0 amide bonds. The first-order valence-electron chi connectivity index (χ1n) is 7.16. The van der Waals surface area contributed by atoms with Crippen molar-refractivity contribution in [2.75, 3.05) is 24.3 Å². The minimum absolute atomic E-state index is 0.503. The summed E-state index contributed by atoms with van der Waals surface area (Å²) in [5, 5.41) is 3.84. The van der Waals surface area contributed by atoms with E-state index in [0.717, 1.165) is 18.2 Å². The van der Waals surface area contributed by atoms with Crippen LogP contribution in [0, 0.1) is 0 Å². The minimum Gasteiger partial charge on any atom is -0.378 e. The Morgan fingerprint density at radius 1 is 1.19 bits per heavy atom. The molecule has 0 saturated heterocycles. The Kier molecular flexibility index (Phi) is 3.97. The molecule has 1 aliphatic carbocycles. The Balaban J connectivity index is 1.66. The molecule has 0 atom stereocenters. The van der Waals surface area contributed by atoms with Crippen molar-refractivity contribution in [2.24, 2.45) is 0 Å². The number of aromatic nitrogens is 2. The van der Waals surface area contributed by atoms with E-state index in [0.29, 0.717) is 11.1 Å². The van der Waals surface area contributed by atoms with Gasteiger partial charge in [-0.05, 0) is 30.5 Å². The normalized spacial score (nSPS) is 14.0. The fourth-order valence-electron chi connectivity index (χ4n) is 2.15. The van der Waals surface area contributed by atoms with E-state index in [4.69, 9.17) is 11.6 Å². The van der Waals surface area contributed by atoms with Crippen LogP contribution in [0.1, 0.15) is 30.1 Å². The van der Waals surface area contributed by atoms with Crippen LogP contribution in [-0.4, -0.2) is 24.1 Å². The zero-order chi connectivity index (χ0) is 14.8. The maximum atomic E-state index is 6.06. The van der Waals surface area contributed by atoms with Crippen molar-refractivity contribution in [3.63, 3.8) is 0 Å². The Morgan fingerprint density at radius 3 is 2.52 bits per heavy atom. The Bertz CT molecular complexity index is 621. The van der Waals surface area contributed by atoms with E-state index < -0.39 is 0 Å². The lowest BCUT2D eigenvalue weighted by atomic mass is 10.2. The van der Waals surface area contributed by atoms with Crippen LogP contribution in [0.5, 0.6) is 0 Å². The third-order valence-electron chi connectivity index (χ3n) is 3.58. The van der Waals surface area contributed by atoms with Gasteiger partial charge in [0, 0.05) is 38.3 Å². The van der Waals surface area contributed by atoms with Crippen molar-refractivity contribution >= 4 is 23.1 Å². The average Bonchev–Trinajstić information content (AvgIpc) is 3.29. The standard InChI is InChI=1S/C16H19ClN4/c1-21(2)13-7-3-11(4-8-13)10-18-15-9-14(17)19-16(20-15)12-5-6-12/h3-4,7-9,12H,5-6,10H2,1-2H3,(H,18,19,20). The number of nitrogens with one attached hydrogen (secondary N) is 1. The lowest BCUT2D eigenvalue weighted by molar-refractivity contribution is 0.921. The van der Waals surface area contributed by atoms with Gasteiger partial charge in [-0.1, -0.05) is 23.7 Å². The summed E-state index contributed by atoms with van der Waals surface area (Å²) in [6.45, 7) is 0.727. The van der Waals surface area contributed by atoms with Gasteiger partial charge in [0.05, 0.1) is 0 Å². The molecule has 1 aliphatic rings. The predicted molar refractivity (Wildman–Crippen MR) is 87.1 cm³/mol. The molecule has 0 aliphatic heterocycles. The van der Waals surface area contributed by atoms with E-state index in [-0.39, 0.29) is 0 Å². The number of nitrogens with zero attached hydrogens (tertiary/aromatic N) is 3. The first kappa shape index (κ1) is 14.1. The molecule has 1 N–H and O–H groups in total. The highest BCUT2D eigenvalue weighted by Crippen LogP contribution is 2.38. The van der Waals surface area contributed by atoms with Gasteiger partial charge in [-0.3, -0.25) is 0 Å². The summed E-state index contributed by atoms with van der Waals surface area (Å²) in [5.74, 6) is 2.17. The minimum atomic E-state index is 0.503. The second-order valence-electron chi connectivity index (χ2n) is 5.62. The van der Waals surface area contributed by atoms with Gasteiger partial charge in [0.2, 0.25) is 0 Å². The molecule has 3 rings (SSSR count). The fourth-order valence-corrected chi connectivity index (χ4v) is 2.34. The molecule has 2 aromatic rings. The lowest BCUT2D eigenvalue weighted by Gasteiger charge is -2.13. The third kappa shape index (κ3) is 3.64. The van der Waals surface area contributed by atoms with Gasteiger partial charge in [0.1, 0.15) is 16.8 Å². The summed E-state index contributed by atoms with van der Waals surface area (Å²) in [6, 6.07) is 10.2. The Labute approximate surface area is 130 Å². The zero-order valence-corrected chi connectivity index (χ0v) is 13.1. The molecule has 0 spiro atoms. The molecular formula is C16H19ClN4. The highest BCUT2D eigenvalue weighted by atomic mass is 35.5. The van der Waals surface area contributed by atoms with Gasteiger partial charge in [-0.2, -0.15) is 0 Å². The van der Waals surface area contributed by atoms with Gasteiger partial charge < -0.3 is 10.2 Å². The summed E-state index contributed by atoms with van der Waals surface area (Å²) in [5.41, 5.74) is 2.41. The average molecular weight is 303 g/mol. The van der Waals surface area contributed by atoms with Crippen molar-refractivity contribution in [3.8, 4) is 0 Å². The van der Waals surface area contributed by atoms with Gasteiger partial charge in [0.15, 0.2) is 0 Å². The molecule has 0 radical (unpaired) electrons. The molecule has 5 heteroatoms. The van der Waals surface area contributed by atoms with Gasteiger partial charge in [0.25, 0.3) is 0 Å². The monoisotopic (exact) mass is 302 g/mol. The maximum absolute atomic E-state index is 6.06. The predicted octanol–water partition coefficient (Wildman–Crippen LogP) is 3.69. The quantitative estimate of drug-likeness (QED) is 0.855. The second kappa shape index (κ2) is 5.90. The summed E-state index contributed by atoms with van der Waals surface area (Å²) >= 11 is 6.06. The van der Waals surface area contributed by atoms with Crippen molar-refractivity contribution in [1.29, 1.82) is 0 Å². The molecule has 110 valence electrons. The van der Waals surface area contributed by atoms with Crippen LogP contribution in [0.15, 0.2) is 30.3 Å². The molecular weight excluding hydrogens is 284 g/mol. The molecule has 4 nitrogen and oxygen atoms in total. The van der Waals surface area contributed by atoms with E-state index in [9.17, 15) is 0 Å². The highest BCUT2D eigenvalue weighted by molar-refractivity contribution is 6.29. The first-order valence-corrected chi connectivity index (χ1v) is 7.54. The van der Waals surface area contributed by atoms with Crippen molar-refractivity contribution in [1.82, 2.24) is 9.97 Å². The molecule has 1 saturated carbocycles. The summed E-state index contributed by atoms with van der Waals surface area (Å²) in [7, 11) is 4.07. The smallest absolute Gasteiger partial charge is 0.135 e. The van der Waals surface area contributed by atoms with E-state index in [1.54, 1.807) is 6.07 Å². The molecule has 1 fully saturated rings. The highest BCUT2D eigenvalue weighted by Gasteiger charge is 2.27. The SMILES string of the molecule is CN(C)c1ccc(CNc2cc(Cl)nc(C3CC3)n2)cc1. The van der Waals surface area contributed by atoms with Crippen LogP contribution in [0.2, 0.25) is 5.15 Å². The number of anilines is 2. The first-order chi connectivity index (χ1) is 10.1. The van der Waals surface area contributed by atoms with Crippen LogP contribution in [0.25, 0.3) is 0 Å². The summed E-state index contributed by atoms with van der Waals surface area (Å²) < 4.78 is 0. The maximum Gasteiger partial charge on any atom is 0.135 e. The van der Waals surface area contributed by atoms with Crippen molar-refractivity contribution in [3.05, 3.63) is 46.9 Å². The van der Waals surface area contributed by atoms with Crippen LogP contribution in [0.3, 0.4) is 0 Å². The molecule has 1 aromatic heterocycles. The zero-order valence-electron chi connectivity index (χ0n) is 12.3. The second-order valence-corrected chi connectivity index (χ2v) is 6.01. The molecule has 1 aromatic carbocycles. The molecule has 0 unspecified atom stereocenters. The Hall–Kier alpha value is -1.81. The molecule has 0 bridgehead atoms. The van der Waals surface area contributed by atoms with Crippen LogP contribution < -0.4 is 10.2 Å². The van der Waals surface area contributed by atoms with Gasteiger partial charge >= 0.3 is 0 Å². The van der Waals surface area contributed by atoms with Crippen LogP contribution >= 0.6 is 11.6 Å². The van der Waals surface area contributed by atoms with E-state index in [2.05, 4.69) is 44.5 Å². The van der Waals surface area contributed by atoms with Crippen LogP contribution in [-0.2, 0) is 6.54 Å². The van der Waals surface area contributed by atoms with E-state index >= 15 is 0 Å². The summed E-state index contributed by atoms with van der Waals surface area (Å²) in [4.78, 5) is 10.9. The largest absolute Gasteiger partial charge is 0.378 e. The Morgan fingerprint density at radius 2 is 1.90 bits per heavy atom. The van der Waals surface area contributed by atoms with Gasteiger partial charge in [-0.15, -0.1) is 0 Å². The van der Waals surface area contributed by atoms with E-state index in [1.807, 2.05) is 14.1 Å². The van der Waals surface area contributed by atoms with Gasteiger partial charge in [-0.25, -0.2) is 9.97 Å². The van der Waals surface area contributed by atoms with Crippen molar-refractivity contribution in [2.45, 2.75) is 25.3 Å². The van der Waals surface area contributed by atoms with Crippen LogP contribution in [0.4, 0.5) is 11.5 Å². The molecule has 1 heterocycles. The number of hydrogen-bond acceptors (Lipinski definition) is 4. The third-order valence-corrected chi connectivity index (χ3v) is 3.77. The lowest BCUT2D eigenvalue weighted by Crippen LogP contribution is -2.09. The number of rotatable bonds is 5. The van der Waals surface area contributed by atoms with Crippen molar-refractivity contribution < 1.29 is 0 Å². The number of benzene rings is 1. The topological polar surface area (TPSA) is 41.0 Å². The fraction of sp³-hybridized carbons (Fsp3) is 0.375. The number of hydrogen-bond donors (Lipinski definition) is 1. The number of halogens is 1. The van der Waals surface area contributed by atoms with E-state index in [1.165, 1.54) is 24.1 Å². The molecule has 21 heavy (non-hydrogen) atoms. The summed E-state index contributed by atoms with van der Waals surface area (Å²) in [6.07, 6.45) is 2.34.